The number of aromatic nitrogens is 2. The normalized spacial score (nSPS) is 20.5. The van der Waals surface area contributed by atoms with Crippen molar-refractivity contribution < 1.29 is 23.9 Å². The van der Waals surface area contributed by atoms with E-state index in [9.17, 15) is 14.4 Å². The van der Waals surface area contributed by atoms with Gasteiger partial charge in [0.1, 0.15) is 11.9 Å². The summed E-state index contributed by atoms with van der Waals surface area (Å²) in [4.78, 5) is 48.4. The summed E-state index contributed by atoms with van der Waals surface area (Å²) in [5.41, 5.74) is 2.29. The number of fused-ring (bicyclic) bond motifs is 1. The first-order valence-corrected chi connectivity index (χ1v) is 16.8. The van der Waals surface area contributed by atoms with E-state index in [0.29, 0.717) is 49.0 Å². The van der Waals surface area contributed by atoms with Gasteiger partial charge in [0.25, 0.3) is 0 Å². The fourth-order valence-corrected chi connectivity index (χ4v) is 7.52. The zero-order valence-electron chi connectivity index (χ0n) is 26.8. The molecule has 0 radical (unpaired) electrons. The number of aromatic amines is 1. The van der Waals surface area contributed by atoms with Crippen LogP contribution in [0.1, 0.15) is 87.7 Å². The Morgan fingerprint density at radius 3 is 2.46 bits per heavy atom. The topological polar surface area (TPSA) is 134 Å². The Bertz CT molecular complexity index is 1590. The van der Waals surface area contributed by atoms with Crippen LogP contribution in [-0.2, 0) is 24.5 Å². The first kappa shape index (κ1) is 32.3. The van der Waals surface area contributed by atoms with Crippen molar-refractivity contribution in [1.82, 2.24) is 25.9 Å². The minimum absolute atomic E-state index is 0.0912. The van der Waals surface area contributed by atoms with Gasteiger partial charge >= 0.3 is 6.09 Å². The van der Waals surface area contributed by atoms with E-state index in [-0.39, 0.29) is 29.1 Å². The lowest BCUT2D eigenvalue weighted by atomic mass is 9.72. The lowest BCUT2D eigenvalue weighted by Gasteiger charge is -2.40. The summed E-state index contributed by atoms with van der Waals surface area (Å²) in [6.07, 6.45) is 5.34. The molecule has 1 saturated heterocycles. The van der Waals surface area contributed by atoms with Crippen molar-refractivity contribution >= 4 is 40.5 Å². The smallest absolute Gasteiger partial charge is 0.407 e. The molecule has 1 aliphatic heterocycles. The number of carbonyl (C=O) groups excluding carboxylic acids is 3. The molecule has 3 aliphatic rings. The second-order valence-electron chi connectivity index (χ2n) is 13.4. The molecule has 2 heterocycles. The number of amides is 3. The molecule has 4 N–H and O–H groups in total. The standard InChI is InChI=1S/C35H44ClN5O5/c1-4-37-31(42)28(21-8-7-9-21)40-32(43)35(16-18-46-19-17-35)22-12-13-25-26(20-22)39-30(38-25)29(41-33(44)45-3)27(34(2)14-15-34)23-10-5-6-11-24(23)36/h5-6,10-13,20-21,27-29H,4,7-9,14-19H2,1-3H3,(H,37,42)(H,38,39)(H,40,43)(H,41,44)/t27-,28+,29-/m0/s1. The lowest BCUT2D eigenvalue weighted by Crippen LogP contribution is -2.58. The number of imidazole rings is 1. The Morgan fingerprint density at radius 1 is 1.09 bits per heavy atom. The largest absolute Gasteiger partial charge is 0.453 e. The summed E-state index contributed by atoms with van der Waals surface area (Å²) < 4.78 is 10.8. The number of methoxy groups -OCH3 is 1. The molecule has 3 aromatic rings. The average Bonchev–Trinajstić information content (AvgIpc) is 3.63. The Labute approximate surface area is 274 Å². The van der Waals surface area contributed by atoms with Crippen LogP contribution in [0.15, 0.2) is 42.5 Å². The Balaban J connectivity index is 1.37. The van der Waals surface area contributed by atoms with E-state index >= 15 is 0 Å². The van der Waals surface area contributed by atoms with E-state index in [1.54, 1.807) is 0 Å². The first-order chi connectivity index (χ1) is 22.2. The van der Waals surface area contributed by atoms with Crippen LogP contribution < -0.4 is 16.0 Å². The van der Waals surface area contributed by atoms with Gasteiger partial charge in [0.15, 0.2) is 0 Å². The highest BCUT2D eigenvalue weighted by Crippen LogP contribution is 2.60. The van der Waals surface area contributed by atoms with Crippen LogP contribution in [-0.4, -0.2) is 60.8 Å². The quantitative estimate of drug-likeness (QED) is 0.212. The van der Waals surface area contributed by atoms with Gasteiger partial charge in [-0.1, -0.05) is 49.2 Å². The van der Waals surface area contributed by atoms with Gasteiger partial charge in [0.05, 0.1) is 29.6 Å². The minimum Gasteiger partial charge on any atom is -0.453 e. The van der Waals surface area contributed by atoms with E-state index in [4.69, 9.17) is 26.1 Å². The fourth-order valence-electron chi connectivity index (χ4n) is 7.26. The zero-order chi connectivity index (χ0) is 32.5. The minimum atomic E-state index is -0.864. The number of hydrogen-bond donors (Lipinski definition) is 4. The molecule has 246 valence electrons. The highest BCUT2D eigenvalue weighted by molar-refractivity contribution is 6.31. The molecule has 2 aliphatic carbocycles. The highest BCUT2D eigenvalue weighted by atomic mass is 35.5. The second-order valence-corrected chi connectivity index (χ2v) is 13.8. The van der Waals surface area contributed by atoms with Gasteiger partial charge in [-0.15, -0.1) is 0 Å². The molecule has 0 spiro atoms. The van der Waals surface area contributed by atoms with E-state index in [1.807, 2.05) is 49.4 Å². The summed E-state index contributed by atoms with van der Waals surface area (Å²) in [5, 5.41) is 9.77. The van der Waals surface area contributed by atoms with Crippen LogP contribution in [0.25, 0.3) is 11.0 Å². The van der Waals surface area contributed by atoms with Crippen molar-refractivity contribution in [3.8, 4) is 0 Å². The van der Waals surface area contributed by atoms with Gasteiger partial charge in [-0.25, -0.2) is 9.78 Å². The molecule has 46 heavy (non-hydrogen) atoms. The summed E-state index contributed by atoms with van der Waals surface area (Å²) in [6.45, 7) is 5.49. The number of halogens is 1. The van der Waals surface area contributed by atoms with Crippen molar-refractivity contribution in [2.75, 3.05) is 26.9 Å². The molecular weight excluding hydrogens is 606 g/mol. The number of ether oxygens (including phenoxy) is 2. The molecule has 0 bridgehead atoms. The molecule has 1 aromatic heterocycles. The third kappa shape index (κ3) is 6.21. The maximum Gasteiger partial charge on any atom is 0.407 e. The SMILES string of the molecule is CCNC(=O)[C@H](NC(=O)C1(c2ccc3nc([C@@H](NC(=O)OC)[C@H](c4ccccc4Cl)C4(C)CC4)[nH]c3c2)CCOCC1)C1CCC1. The van der Waals surface area contributed by atoms with Gasteiger partial charge in [0.2, 0.25) is 11.8 Å². The monoisotopic (exact) mass is 649 g/mol. The predicted octanol–water partition coefficient (Wildman–Crippen LogP) is 5.67. The van der Waals surface area contributed by atoms with Crippen LogP contribution in [0.5, 0.6) is 0 Å². The molecule has 3 amide bonds. The van der Waals surface area contributed by atoms with E-state index in [0.717, 1.165) is 48.7 Å². The molecule has 3 atom stereocenters. The number of likely N-dealkylation sites (N-methyl/N-ethyl adjacent to an activating group) is 1. The number of carbonyl (C=O) groups is 3. The van der Waals surface area contributed by atoms with Gasteiger partial charge in [0, 0.05) is 30.7 Å². The van der Waals surface area contributed by atoms with Crippen LogP contribution in [0.3, 0.4) is 0 Å². The Morgan fingerprint density at radius 2 is 1.83 bits per heavy atom. The van der Waals surface area contributed by atoms with E-state index in [2.05, 4.69) is 27.9 Å². The summed E-state index contributed by atoms with van der Waals surface area (Å²) >= 11 is 6.74. The number of nitrogens with one attached hydrogen (secondary N) is 4. The van der Waals surface area contributed by atoms with E-state index in [1.165, 1.54) is 7.11 Å². The number of benzene rings is 2. The van der Waals surface area contributed by atoms with Gasteiger partial charge in [-0.05, 0) is 86.1 Å². The number of rotatable bonds is 11. The third-order valence-electron chi connectivity index (χ3n) is 10.5. The van der Waals surface area contributed by atoms with Crippen LogP contribution in [0.4, 0.5) is 4.79 Å². The molecule has 2 aromatic carbocycles. The summed E-state index contributed by atoms with van der Waals surface area (Å²) in [6, 6.07) is 12.5. The highest BCUT2D eigenvalue weighted by Gasteiger charge is 2.51. The maximum atomic E-state index is 14.2. The number of nitrogens with zero attached hydrogens (tertiary/aromatic N) is 1. The van der Waals surface area contributed by atoms with Gasteiger partial charge in [-0.3, -0.25) is 9.59 Å². The zero-order valence-corrected chi connectivity index (χ0v) is 27.5. The molecule has 2 saturated carbocycles. The molecular formula is C35H44ClN5O5. The van der Waals surface area contributed by atoms with Crippen LogP contribution in [0, 0.1) is 11.3 Å². The fraction of sp³-hybridized carbons (Fsp3) is 0.543. The molecule has 3 fully saturated rings. The molecule has 10 nitrogen and oxygen atoms in total. The number of alkyl carbamates (subject to hydrolysis) is 1. The van der Waals surface area contributed by atoms with Crippen molar-refractivity contribution in [3.63, 3.8) is 0 Å². The summed E-state index contributed by atoms with van der Waals surface area (Å²) in [5.74, 6) is 0.290. The van der Waals surface area contributed by atoms with Crippen molar-refractivity contribution in [2.24, 2.45) is 11.3 Å². The van der Waals surface area contributed by atoms with Gasteiger partial charge in [-0.2, -0.15) is 0 Å². The Kier molecular flexibility index (Phi) is 9.30. The molecule has 0 unspecified atom stereocenters. The number of H-pyrrole nitrogens is 1. The van der Waals surface area contributed by atoms with Crippen molar-refractivity contribution in [1.29, 1.82) is 0 Å². The second kappa shape index (κ2) is 13.2. The third-order valence-corrected chi connectivity index (χ3v) is 10.8. The maximum absolute atomic E-state index is 14.2. The Hall–Kier alpha value is -3.63. The van der Waals surface area contributed by atoms with Gasteiger partial charge < -0.3 is 30.4 Å². The first-order valence-electron chi connectivity index (χ1n) is 16.4. The van der Waals surface area contributed by atoms with Crippen molar-refractivity contribution in [3.05, 3.63) is 64.4 Å². The number of hydrogen-bond acceptors (Lipinski definition) is 6. The van der Waals surface area contributed by atoms with Crippen LogP contribution >= 0.6 is 11.6 Å². The van der Waals surface area contributed by atoms with E-state index < -0.39 is 23.6 Å². The molecule has 6 rings (SSSR count). The average molecular weight is 650 g/mol. The van der Waals surface area contributed by atoms with Crippen molar-refractivity contribution in [2.45, 2.75) is 82.2 Å². The van der Waals surface area contributed by atoms with Crippen LogP contribution in [0.2, 0.25) is 5.02 Å². The summed E-state index contributed by atoms with van der Waals surface area (Å²) in [7, 11) is 1.35. The molecule has 11 heteroatoms. The lowest BCUT2D eigenvalue weighted by molar-refractivity contribution is -0.136. The predicted molar refractivity (Wildman–Crippen MR) is 176 cm³/mol.